The lowest BCUT2D eigenvalue weighted by Crippen LogP contribution is -2.39. The number of amides is 3. The van der Waals surface area contributed by atoms with Crippen LogP contribution < -0.4 is 11.1 Å². The van der Waals surface area contributed by atoms with Gasteiger partial charge in [0.25, 0.3) is 0 Å². The fourth-order valence-electron chi connectivity index (χ4n) is 4.55. The number of likely N-dealkylation sites (tertiary alicyclic amines) is 1. The van der Waals surface area contributed by atoms with Crippen LogP contribution in [0, 0.1) is 5.92 Å². The summed E-state index contributed by atoms with van der Waals surface area (Å²) in [5, 5.41) is 4.97. The van der Waals surface area contributed by atoms with Crippen LogP contribution >= 0.6 is 11.3 Å². The van der Waals surface area contributed by atoms with Crippen molar-refractivity contribution in [1.82, 2.24) is 9.80 Å². The first-order chi connectivity index (χ1) is 16.0. The molecule has 0 radical (unpaired) electrons. The zero-order valence-corrected chi connectivity index (χ0v) is 19.7. The number of carbonyl (C=O) groups is 3. The van der Waals surface area contributed by atoms with Gasteiger partial charge >= 0.3 is 0 Å². The average Bonchev–Trinajstić information content (AvgIpc) is 3.30. The second-order valence-electron chi connectivity index (χ2n) is 8.95. The third-order valence-corrected chi connectivity index (χ3v) is 7.69. The largest absolute Gasteiger partial charge is 0.369 e. The van der Waals surface area contributed by atoms with E-state index in [-0.39, 0.29) is 36.5 Å². The monoisotopic (exact) mass is 468 g/mol. The summed E-state index contributed by atoms with van der Waals surface area (Å²) in [5.41, 5.74) is 8.59. The third kappa shape index (κ3) is 6.42. The van der Waals surface area contributed by atoms with Crippen molar-refractivity contribution in [3.63, 3.8) is 0 Å². The van der Waals surface area contributed by atoms with E-state index < -0.39 is 0 Å². The SMILES string of the molecule is NC(=O)C1CCN(CCc2ccc(NC(=O)CCC(=O)N3CCc4sccc4C3)cc2)CC1. The van der Waals surface area contributed by atoms with Gasteiger partial charge in [-0.25, -0.2) is 0 Å². The fourth-order valence-corrected chi connectivity index (χ4v) is 5.44. The molecule has 0 spiro atoms. The van der Waals surface area contributed by atoms with E-state index >= 15 is 0 Å². The maximum absolute atomic E-state index is 12.5. The molecule has 1 aromatic heterocycles. The smallest absolute Gasteiger partial charge is 0.224 e. The van der Waals surface area contributed by atoms with Gasteiger partial charge in [0.1, 0.15) is 0 Å². The molecule has 0 bridgehead atoms. The van der Waals surface area contributed by atoms with Gasteiger partial charge in [0, 0.05) is 49.0 Å². The van der Waals surface area contributed by atoms with Gasteiger partial charge in [0.05, 0.1) is 0 Å². The lowest BCUT2D eigenvalue weighted by atomic mass is 9.96. The van der Waals surface area contributed by atoms with E-state index in [0.717, 1.165) is 57.5 Å². The van der Waals surface area contributed by atoms with Gasteiger partial charge in [-0.15, -0.1) is 11.3 Å². The predicted octanol–water partition coefficient (Wildman–Crippen LogP) is 2.79. The highest BCUT2D eigenvalue weighted by molar-refractivity contribution is 7.10. The van der Waals surface area contributed by atoms with Crippen molar-refractivity contribution in [3.8, 4) is 0 Å². The van der Waals surface area contributed by atoms with Gasteiger partial charge in [-0.2, -0.15) is 0 Å². The highest BCUT2D eigenvalue weighted by Crippen LogP contribution is 2.24. The Bertz CT molecular complexity index is 980. The van der Waals surface area contributed by atoms with Crippen molar-refractivity contribution < 1.29 is 14.4 Å². The minimum Gasteiger partial charge on any atom is -0.369 e. The molecule has 4 rings (SSSR count). The Morgan fingerprint density at radius 2 is 1.79 bits per heavy atom. The molecule has 1 saturated heterocycles. The fraction of sp³-hybridized carbons (Fsp3) is 0.480. The Labute approximate surface area is 198 Å². The van der Waals surface area contributed by atoms with Crippen LogP contribution in [0.5, 0.6) is 0 Å². The lowest BCUT2D eigenvalue weighted by Gasteiger charge is -2.30. The summed E-state index contributed by atoms with van der Waals surface area (Å²) in [6, 6.07) is 9.97. The molecule has 3 N–H and O–H groups in total. The summed E-state index contributed by atoms with van der Waals surface area (Å²) in [4.78, 5) is 41.7. The normalized spacial score (nSPS) is 16.9. The summed E-state index contributed by atoms with van der Waals surface area (Å²) in [7, 11) is 0. The Balaban J connectivity index is 1.16. The summed E-state index contributed by atoms with van der Waals surface area (Å²) in [6.07, 6.45) is 3.93. The van der Waals surface area contributed by atoms with Gasteiger partial charge in [-0.05, 0) is 73.5 Å². The number of rotatable bonds is 8. The van der Waals surface area contributed by atoms with Crippen molar-refractivity contribution in [2.75, 3.05) is 31.5 Å². The predicted molar refractivity (Wildman–Crippen MR) is 130 cm³/mol. The molecular formula is C25H32N4O3S. The Hall–Kier alpha value is -2.71. The molecule has 2 aromatic rings. The molecule has 3 amide bonds. The van der Waals surface area contributed by atoms with Crippen molar-refractivity contribution in [1.29, 1.82) is 0 Å². The Kier molecular flexibility index (Phi) is 7.77. The van der Waals surface area contributed by atoms with Crippen LogP contribution in [0.1, 0.15) is 41.7 Å². The van der Waals surface area contributed by atoms with Gasteiger partial charge in [0.15, 0.2) is 0 Å². The van der Waals surface area contributed by atoms with Crippen LogP contribution in [0.25, 0.3) is 0 Å². The van der Waals surface area contributed by atoms with Crippen LogP contribution in [-0.2, 0) is 33.8 Å². The zero-order valence-electron chi connectivity index (χ0n) is 18.9. The third-order valence-electron chi connectivity index (χ3n) is 6.67. The van der Waals surface area contributed by atoms with Gasteiger partial charge in [0.2, 0.25) is 17.7 Å². The topological polar surface area (TPSA) is 95.7 Å². The molecule has 33 heavy (non-hydrogen) atoms. The van der Waals surface area contributed by atoms with Crippen LogP contribution in [0.15, 0.2) is 35.7 Å². The highest BCUT2D eigenvalue weighted by Gasteiger charge is 2.23. The number of nitrogens with zero attached hydrogens (tertiary/aromatic N) is 2. The van der Waals surface area contributed by atoms with Crippen LogP contribution in [0.4, 0.5) is 5.69 Å². The lowest BCUT2D eigenvalue weighted by molar-refractivity contribution is -0.133. The van der Waals surface area contributed by atoms with Gasteiger partial charge < -0.3 is 20.9 Å². The second kappa shape index (κ2) is 10.9. The minimum atomic E-state index is -0.180. The Morgan fingerprint density at radius 1 is 1.03 bits per heavy atom. The maximum Gasteiger partial charge on any atom is 0.224 e. The maximum atomic E-state index is 12.5. The number of hydrogen-bond acceptors (Lipinski definition) is 5. The number of carbonyl (C=O) groups excluding carboxylic acids is 3. The summed E-state index contributed by atoms with van der Waals surface area (Å²) >= 11 is 1.75. The molecule has 3 heterocycles. The molecule has 8 heteroatoms. The van der Waals surface area contributed by atoms with Gasteiger partial charge in [-0.3, -0.25) is 14.4 Å². The van der Waals surface area contributed by atoms with Gasteiger partial charge in [-0.1, -0.05) is 12.1 Å². The highest BCUT2D eigenvalue weighted by atomic mass is 32.1. The number of fused-ring (bicyclic) bond motifs is 1. The van der Waals surface area contributed by atoms with Crippen LogP contribution in [-0.4, -0.2) is 53.7 Å². The zero-order chi connectivity index (χ0) is 23.2. The molecule has 176 valence electrons. The van der Waals surface area contributed by atoms with E-state index in [1.54, 1.807) is 11.3 Å². The van der Waals surface area contributed by atoms with Crippen LogP contribution in [0.3, 0.4) is 0 Å². The number of benzene rings is 1. The Morgan fingerprint density at radius 3 is 2.52 bits per heavy atom. The van der Waals surface area contributed by atoms with E-state index in [1.165, 1.54) is 16.0 Å². The number of thiophene rings is 1. The van der Waals surface area contributed by atoms with E-state index in [4.69, 9.17) is 5.73 Å². The number of hydrogen-bond donors (Lipinski definition) is 2. The molecule has 1 fully saturated rings. The van der Waals surface area contributed by atoms with Crippen molar-refractivity contribution >= 4 is 34.7 Å². The molecule has 2 aliphatic rings. The number of piperidine rings is 1. The quantitative estimate of drug-likeness (QED) is 0.623. The van der Waals surface area contributed by atoms with Crippen molar-refractivity contribution in [3.05, 3.63) is 51.7 Å². The van der Waals surface area contributed by atoms with E-state index in [9.17, 15) is 14.4 Å². The van der Waals surface area contributed by atoms with E-state index in [2.05, 4.69) is 21.7 Å². The summed E-state index contributed by atoms with van der Waals surface area (Å²) < 4.78 is 0. The molecule has 0 unspecified atom stereocenters. The molecule has 0 aliphatic carbocycles. The summed E-state index contributed by atoms with van der Waals surface area (Å²) in [5.74, 6) is -0.257. The first kappa shape index (κ1) is 23.4. The number of nitrogens with one attached hydrogen (secondary N) is 1. The standard InChI is InChI=1S/C25H32N4O3S/c26-25(32)19-8-13-28(14-9-19)12-7-18-1-3-21(4-2-18)27-23(30)5-6-24(31)29-15-10-22-20(17-29)11-16-33-22/h1-4,11,16,19H,5-10,12-15,17H2,(H2,26,32)(H,27,30). The van der Waals surface area contributed by atoms with Crippen molar-refractivity contribution in [2.24, 2.45) is 11.7 Å². The number of anilines is 1. The van der Waals surface area contributed by atoms with Crippen molar-refractivity contribution in [2.45, 2.75) is 45.1 Å². The average molecular weight is 469 g/mol. The first-order valence-corrected chi connectivity index (χ1v) is 12.6. The molecule has 2 aliphatic heterocycles. The first-order valence-electron chi connectivity index (χ1n) is 11.7. The van der Waals surface area contributed by atoms with E-state index in [1.807, 2.05) is 29.2 Å². The minimum absolute atomic E-state index is 0.0214. The summed E-state index contributed by atoms with van der Waals surface area (Å²) in [6.45, 7) is 4.16. The van der Waals surface area contributed by atoms with E-state index in [0.29, 0.717) is 6.54 Å². The number of nitrogens with two attached hydrogens (primary N) is 1. The molecular weight excluding hydrogens is 436 g/mol. The molecule has 0 atom stereocenters. The number of primary amides is 1. The molecule has 0 saturated carbocycles. The molecule has 7 nitrogen and oxygen atoms in total. The van der Waals surface area contributed by atoms with Crippen LogP contribution in [0.2, 0.25) is 0 Å². The second-order valence-corrected chi connectivity index (χ2v) is 9.95. The molecule has 1 aromatic carbocycles.